The molecule has 0 amide bonds. The Hall–Kier alpha value is -7.36. The van der Waals surface area contributed by atoms with E-state index in [1.165, 1.54) is 66.4 Å². The van der Waals surface area contributed by atoms with Gasteiger partial charge in [-0.1, -0.05) is 176 Å². The van der Waals surface area contributed by atoms with Crippen LogP contribution in [0.1, 0.15) is 22.3 Å². The van der Waals surface area contributed by atoms with E-state index >= 15 is 0 Å². The molecule has 3 heteroatoms. The van der Waals surface area contributed by atoms with Gasteiger partial charge in [0, 0.05) is 21.9 Å². The van der Waals surface area contributed by atoms with E-state index in [0.717, 1.165) is 33.5 Å². The number of fused-ring (bicyclic) bond motifs is 13. The summed E-state index contributed by atoms with van der Waals surface area (Å²) in [5.41, 5.74) is 18.5. The molecular weight excluding hydrogens is 679 g/mol. The molecule has 56 heavy (non-hydrogen) atoms. The number of benzene rings is 8. The molecule has 3 nitrogen and oxygen atoms in total. The molecule has 260 valence electrons. The summed E-state index contributed by atoms with van der Waals surface area (Å²) in [4.78, 5) is 10.8. The Morgan fingerprint density at radius 2 is 0.786 bits per heavy atom. The first-order valence-electron chi connectivity index (χ1n) is 19.2. The highest BCUT2D eigenvalue weighted by atomic mass is 15.2. The van der Waals surface area contributed by atoms with Crippen molar-refractivity contribution < 1.29 is 0 Å². The zero-order chi connectivity index (χ0) is 36.8. The van der Waals surface area contributed by atoms with Crippen LogP contribution in [0, 0.1) is 0 Å². The van der Waals surface area contributed by atoms with E-state index in [-0.39, 0.29) is 0 Å². The zero-order valence-electron chi connectivity index (χ0n) is 30.4. The lowest BCUT2D eigenvalue weighted by molar-refractivity contribution is 0.795. The summed E-state index contributed by atoms with van der Waals surface area (Å²) in [5, 5.41) is 2.37. The highest BCUT2D eigenvalue weighted by Crippen LogP contribution is 2.63. The van der Waals surface area contributed by atoms with Gasteiger partial charge >= 0.3 is 0 Å². The van der Waals surface area contributed by atoms with Crippen molar-refractivity contribution in [2.24, 2.45) is 0 Å². The first-order chi connectivity index (χ1) is 27.8. The van der Waals surface area contributed by atoms with Crippen molar-refractivity contribution in [1.82, 2.24) is 14.5 Å². The van der Waals surface area contributed by atoms with E-state index in [1.807, 2.05) is 6.07 Å². The molecule has 0 aliphatic heterocycles. The van der Waals surface area contributed by atoms with Crippen LogP contribution in [0.3, 0.4) is 0 Å². The van der Waals surface area contributed by atoms with Crippen LogP contribution in [0.4, 0.5) is 0 Å². The van der Waals surface area contributed by atoms with Crippen molar-refractivity contribution in [3.05, 3.63) is 222 Å². The second-order valence-electron chi connectivity index (χ2n) is 14.9. The van der Waals surface area contributed by atoms with Crippen LogP contribution in [0.5, 0.6) is 0 Å². The van der Waals surface area contributed by atoms with Crippen molar-refractivity contribution in [2.45, 2.75) is 5.41 Å². The van der Waals surface area contributed by atoms with Gasteiger partial charge in [0.1, 0.15) is 0 Å². The Labute approximate surface area is 324 Å². The van der Waals surface area contributed by atoms with Crippen LogP contribution < -0.4 is 0 Å². The second-order valence-corrected chi connectivity index (χ2v) is 14.9. The van der Waals surface area contributed by atoms with Gasteiger partial charge < -0.3 is 0 Å². The average molecular weight is 712 g/mol. The van der Waals surface area contributed by atoms with Gasteiger partial charge in [0.05, 0.1) is 27.8 Å². The molecule has 2 aliphatic rings. The summed E-state index contributed by atoms with van der Waals surface area (Å²) in [6, 6.07) is 72.4. The average Bonchev–Trinajstić information content (AvgIpc) is 3.87. The molecule has 0 unspecified atom stereocenters. The van der Waals surface area contributed by atoms with E-state index < -0.39 is 5.41 Å². The summed E-state index contributed by atoms with van der Waals surface area (Å²) in [5.74, 6) is 0.650. The zero-order valence-corrected chi connectivity index (χ0v) is 30.4. The molecule has 0 saturated heterocycles. The maximum absolute atomic E-state index is 5.39. The molecule has 2 heterocycles. The number of rotatable bonds is 4. The van der Waals surface area contributed by atoms with Crippen molar-refractivity contribution in [3.63, 3.8) is 0 Å². The Morgan fingerprint density at radius 1 is 0.321 bits per heavy atom. The van der Waals surface area contributed by atoms with Crippen molar-refractivity contribution >= 4 is 21.8 Å². The molecule has 0 saturated carbocycles. The number of para-hydroxylation sites is 1. The minimum Gasteiger partial charge on any atom is -0.278 e. The second kappa shape index (κ2) is 11.8. The largest absolute Gasteiger partial charge is 0.278 e. The summed E-state index contributed by atoms with van der Waals surface area (Å²) >= 11 is 0. The van der Waals surface area contributed by atoms with Gasteiger partial charge in [0.25, 0.3) is 0 Å². The minimum atomic E-state index is -0.417. The summed E-state index contributed by atoms with van der Waals surface area (Å²) in [6.07, 6.45) is 0. The standard InChI is InChI=1S/C53H33N3/c1-3-15-34(16-4-1)35-27-29-37(30-28-35)49-33-48(36-17-5-2-6-18-36)54-52(55-49)56-50-26-14-10-22-41(50)43-31-47-42(32-51(43)56)40-21-9-13-25-46(40)53(47)44-23-11-7-19-38(44)39-20-8-12-24-45(39)53/h1-33H. The normalized spacial score (nSPS) is 13.1. The lowest BCUT2D eigenvalue weighted by atomic mass is 9.70. The van der Waals surface area contributed by atoms with Gasteiger partial charge in [0.2, 0.25) is 5.95 Å². The van der Waals surface area contributed by atoms with Crippen LogP contribution in [-0.2, 0) is 5.41 Å². The molecule has 0 atom stereocenters. The maximum Gasteiger partial charge on any atom is 0.235 e. The first-order valence-corrected chi connectivity index (χ1v) is 19.2. The predicted octanol–water partition coefficient (Wildman–Crippen LogP) is 12.9. The third-order valence-corrected chi connectivity index (χ3v) is 12.1. The lowest BCUT2D eigenvalue weighted by Crippen LogP contribution is -2.25. The van der Waals surface area contributed by atoms with Gasteiger partial charge in [-0.3, -0.25) is 4.57 Å². The Morgan fingerprint density at radius 3 is 1.41 bits per heavy atom. The summed E-state index contributed by atoms with van der Waals surface area (Å²) in [7, 11) is 0. The topological polar surface area (TPSA) is 30.7 Å². The Kier molecular flexibility index (Phi) is 6.55. The van der Waals surface area contributed by atoms with Crippen LogP contribution in [-0.4, -0.2) is 14.5 Å². The third-order valence-electron chi connectivity index (χ3n) is 12.1. The molecule has 2 aliphatic carbocycles. The molecule has 10 aromatic rings. The molecule has 0 fully saturated rings. The Bertz CT molecular complexity index is 3130. The quantitative estimate of drug-likeness (QED) is 0.182. The lowest BCUT2D eigenvalue weighted by Gasteiger charge is -2.30. The van der Waals surface area contributed by atoms with Crippen LogP contribution in [0.15, 0.2) is 200 Å². The molecule has 0 N–H and O–H groups in total. The smallest absolute Gasteiger partial charge is 0.235 e. The highest BCUT2D eigenvalue weighted by Gasteiger charge is 2.51. The summed E-state index contributed by atoms with van der Waals surface area (Å²) < 4.78 is 2.28. The fourth-order valence-corrected chi connectivity index (χ4v) is 9.67. The highest BCUT2D eigenvalue weighted by molar-refractivity contribution is 6.12. The number of nitrogens with zero attached hydrogens (tertiary/aromatic N) is 3. The maximum atomic E-state index is 5.39. The van der Waals surface area contributed by atoms with Crippen LogP contribution in [0.2, 0.25) is 0 Å². The first kappa shape index (κ1) is 31.0. The fraction of sp³-hybridized carbons (Fsp3) is 0.0189. The molecule has 8 aromatic carbocycles. The molecular formula is C53H33N3. The molecule has 2 aromatic heterocycles. The molecule has 12 rings (SSSR count). The number of aromatic nitrogens is 3. The molecule has 0 radical (unpaired) electrons. The Balaban J connectivity index is 1.13. The van der Waals surface area contributed by atoms with Crippen molar-refractivity contribution in [2.75, 3.05) is 0 Å². The monoisotopic (exact) mass is 711 g/mol. The van der Waals surface area contributed by atoms with Gasteiger partial charge in [-0.25, -0.2) is 9.97 Å². The summed E-state index contributed by atoms with van der Waals surface area (Å²) in [6.45, 7) is 0. The third kappa shape index (κ3) is 4.28. The van der Waals surface area contributed by atoms with E-state index in [1.54, 1.807) is 0 Å². The van der Waals surface area contributed by atoms with Gasteiger partial charge in [-0.15, -0.1) is 0 Å². The van der Waals surface area contributed by atoms with Gasteiger partial charge in [0.15, 0.2) is 0 Å². The predicted molar refractivity (Wildman–Crippen MR) is 229 cm³/mol. The van der Waals surface area contributed by atoms with Crippen molar-refractivity contribution in [1.29, 1.82) is 0 Å². The van der Waals surface area contributed by atoms with E-state index in [2.05, 4.69) is 199 Å². The minimum absolute atomic E-state index is 0.417. The molecule has 0 bridgehead atoms. The van der Waals surface area contributed by atoms with Gasteiger partial charge in [-0.05, 0) is 79.9 Å². The van der Waals surface area contributed by atoms with Crippen LogP contribution >= 0.6 is 0 Å². The van der Waals surface area contributed by atoms with Crippen LogP contribution in [0.25, 0.3) is 83.6 Å². The number of hydrogen-bond donors (Lipinski definition) is 0. The number of hydrogen-bond acceptors (Lipinski definition) is 2. The SMILES string of the molecule is c1ccc(-c2ccc(-c3cc(-c4ccccc4)nc(-n4c5ccccc5c5cc6c(cc54)-c4ccccc4C64c5ccccc5-c5ccccc54)n3)cc2)cc1. The van der Waals surface area contributed by atoms with E-state index in [9.17, 15) is 0 Å². The van der Waals surface area contributed by atoms with E-state index in [4.69, 9.17) is 9.97 Å². The molecule has 1 spiro atoms. The van der Waals surface area contributed by atoms with Gasteiger partial charge in [-0.2, -0.15) is 0 Å². The van der Waals surface area contributed by atoms with Crippen molar-refractivity contribution in [3.8, 4) is 61.8 Å². The van der Waals surface area contributed by atoms with E-state index in [0.29, 0.717) is 5.95 Å². The fourth-order valence-electron chi connectivity index (χ4n) is 9.67.